The number of benzene rings is 2. The molecule has 0 aliphatic carbocycles. The van der Waals surface area contributed by atoms with Crippen molar-refractivity contribution in [3.05, 3.63) is 65.5 Å². The van der Waals surface area contributed by atoms with Gasteiger partial charge in [0.15, 0.2) is 0 Å². The quantitative estimate of drug-likeness (QED) is 0.713. The van der Waals surface area contributed by atoms with Crippen LogP contribution in [0.5, 0.6) is 0 Å². The van der Waals surface area contributed by atoms with Gasteiger partial charge in [-0.2, -0.15) is 0 Å². The summed E-state index contributed by atoms with van der Waals surface area (Å²) < 4.78 is 41.1. The Hall–Kier alpha value is -2.25. The van der Waals surface area contributed by atoms with E-state index in [0.717, 1.165) is 12.8 Å². The van der Waals surface area contributed by atoms with E-state index in [1.807, 2.05) is 6.92 Å². The summed E-state index contributed by atoms with van der Waals surface area (Å²) in [6, 6.07) is 12.2. The first-order chi connectivity index (χ1) is 12.8. The maximum atomic E-state index is 13.6. The molecule has 27 heavy (non-hydrogen) atoms. The lowest BCUT2D eigenvalue weighted by molar-refractivity contribution is 0.0793. The maximum Gasteiger partial charge on any atom is 0.253 e. The minimum atomic E-state index is -3.79. The average Bonchev–Trinajstić information content (AvgIpc) is 2.67. The van der Waals surface area contributed by atoms with E-state index in [2.05, 4.69) is 4.72 Å². The van der Waals surface area contributed by atoms with Gasteiger partial charge < -0.3 is 4.90 Å². The Kier molecular flexibility index (Phi) is 7.50. The molecule has 0 bridgehead atoms. The number of nitrogens with zero attached hydrogens (tertiary/aromatic N) is 1. The summed E-state index contributed by atoms with van der Waals surface area (Å²) in [5, 5.41) is 0. The highest BCUT2D eigenvalue weighted by atomic mass is 32.2. The van der Waals surface area contributed by atoms with Crippen LogP contribution in [0.15, 0.2) is 53.4 Å². The van der Waals surface area contributed by atoms with Crippen molar-refractivity contribution in [3.63, 3.8) is 0 Å². The van der Waals surface area contributed by atoms with Crippen LogP contribution in [0, 0.1) is 5.82 Å². The molecule has 0 saturated carbocycles. The first-order valence-corrected chi connectivity index (χ1v) is 10.4. The summed E-state index contributed by atoms with van der Waals surface area (Å²) in [7, 11) is -2.08. The lowest BCUT2D eigenvalue weighted by atomic mass is 10.1. The van der Waals surface area contributed by atoms with Gasteiger partial charge in [-0.25, -0.2) is 17.5 Å². The monoisotopic (exact) mass is 392 g/mol. The van der Waals surface area contributed by atoms with Gasteiger partial charge >= 0.3 is 0 Å². The van der Waals surface area contributed by atoms with Crippen molar-refractivity contribution >= 4 is 15.9 Å². The number of rotatable bonds is 9. The van der Waals surface area contributed by atoms with Gasteiger partial charge in [-0.3, -0.25) is 4.79 Å². The normalized spacial score (nSPS) is 11.4. The summed E-state index contributed by atoms with van der Waals surface area (Å²) in [5.74, 6) is -0.578. The zero-order valence-corrected chi connectivity index (χ0v) is 16.4. The van der Waals surface area contributed by atoms with Crippen LogP contribution in [-0.2, 0) is 16.4 Å². The van der Waals surface area contributed by atoms with Crippen molar-refractivity contribution in [1.29, 1.82) is 0 Å². The lowest BCUT2D eigenvalue weighted by Gasteiger charge is -2.17. The van der Waals surface area contributed by atoms with Gasteiger partial charge in [-0.1, -0.05) is 37.6 Å². The summed E-state index contributed by atoms with van der Waals surface area (Å²) in [6.45, 7) is 2.73. The largest absolute Gasteiger partial charge is 0.342 e. The number of carbonyl (C=O) groups is 1. The Labute approximate surface area is 160 Å². The zero-order chi connectivity index (χ0) is 19.9. The van der Waals surface area contributed by atoms with Gasteiger partial charge in [0, 0.05) is 25.7 Å². The predicted octanol–water partition coefficient (Wildman–Crippen LogP) is 3.22. The molecule has 0 heterocycles. The molecule has 0 unspecified atom stereocenters. The van der Waals surface area contributed by atoms with Gasteiger partial charge in [0.2, 0.25) is 10.0 Å². The van der Waals surface area contributed by atoms with Crippen molar-refractivity contribution < 1.29 is 17.6 Å². The first-order valence-electron chi connectivity index (χ1n) is 8.93. The van der Waals surface area contributed by atoms with Crippen molar-refractivity contribution in [2.75, 3.05) is 20.1 Å². The van der Waals surface area contributed by atoms with Gasteiger partial charge in [0.05, 0.1) is 4.90 Å². The number of hydrogen-bond donors (Lipinski definition) is 1. The van der Waals surface area contributed by atoms with Crippen LogP contribution >= 0.6 is 0 Å². The van der Waals surface area contributed by atoms with E-state index in [4.69, 9.17) is 0 Å². The van der Waals surface area contributed by atoms with E-state index in [1.165, 1.54) is 18.2 Å². The number of unbranched alkanes of at least 4 members (excludes halogenated alkanes) is 1. The summed E-state index contributed by atoms with van der Waals surface area (Å²) in [4.78, 5) is 14.0. The van der Waals surface area contributed by atoms with Gasteiger partial charge in [-0.05, 0) is 42.7 Å². The third kappa shape index (κ3) is 5.87. The van der Waals surface area contributed by atoms with Crippen LogP contribution in [0.25, 0.3) is 0 Å². The van der Waals surface area contributed by atoms with Crippen LogP contribution in [0.2, 0.25) is 0 Å². The maximum absolute atomic E-state index is 13.6. The molecule has 0 aromatic heterocycles. The van der Waals surface area contributed by atoms with E-state index in [-0.39, 0.29) is 29.6 Å². The Morgan fingerprint density at radius 1 is 1.15 bits per heavy atom. The molecule has 1 N–H and O–H groups in total. The number of halogens is 1. The number of hydrogen-bond acceptors (Lipinski definition) is 3. The van der Waals surface area contributed by atoms with Gasteiger partial charge in [-0.15, -0.1) is 0 Å². The molecule has 5 nitrogen and oxygen atoms in total. The van der Waals surface area contributed by atoms with Crippen LogP contribution < -0.4 is 4.72 Å². The fraction of sp³-hybridized carbons (Fsp3) is 0.350. The zero-order valence-electron chi connectivity index (χ0n) is 15.6. The molecule has 146 valence electrons. The number of amides is 1. The average molecular weight is 392 g/mol. The molecule has 2 aromatic carbocycles. The molecule has 2 rings (SSSR count). The highest BCUT2D eigenvalue weighted by molar-refractivity contribution is 7.89. The predicted molar refractivity (Wildman–Crippen MR) is 104 cm³/mol. The minimum absolute atomic E-state index is 0.0192. The summed E-state index contributed by atoms with van der Waals surface area (Å²) >= 11 is 0. The van der Waals surface area contributed by atoms with E-state index in [1.54, 1.807) is 42.3 Å². The SMILES string of the molecule is CCCCN(C)C(=O)c1cccc(S(=O)(=O)NCCc2ccccc2F)c1. The van der Waals surface area contributed by atoms with Crippen LogP contribution in [-0.4, -0.2) is 39.4 Å². The standard InChI is InChI=1S/C20H25FN2O3S/c1-3-4-14-23(2)20(24)17-9-7-10-18(15-17)27(25,26)22-13-12-16-8-5-6-11-19(16)21/h5-11,15,22H,3-4,12-14H2,1-2H3. The molecule has 0 saturated heterocycles. The van der Waals surface area contributed by atoms with Crippen molar-refractivity contribution in [2.45, 2.75) is 31.1 Å². The Balaban J connectivity index is 2.05. The first kappa shape index (κ1) is 21.1. The highest BCUT2D eigenvalue weighted by Gasteiger charge is 2.18. The highest BCUT2D eigenvalue weighted by Crippen LogP contribution is 2.14. The number of carbonyl (C=O) groups excluding carboxylic acids is 1. The van der Waals surface area contributed by atoms with E-state index in [9.17, 15) is 17.6 Å². The van der Waals surface area contributed by atoms with Crippen molar-refractivity contribution in [3.8, 4) is 0 Å². The molecular formula is C20H25FN2O3S. The van der Waals surface area contributed by atoms with Crippen molar-refractivity contribution in [2.24, 2.45) is 0 Å². The smallest absolute Gasteiger partial charge is 0.253 e. The van der Waals surface area contributed by atoms with Crippen LogP contribution in [0.3, 0.4) is 0 Å². The van der Waals surface area contributed by atoms with E-state index < -0.39 is 10.0 Å². The second-order valence-corrected chi connectivity index (χ2v) is 8.11. The number of sulfonamides is 1. The molecular weight excluding hydrogens is 367 g/mol. The molecule has 0 fully saturated rings. The minimum Gasteiger partial charge on any atom is -0.342 e. The Morgan fingerprint density at radius 3 is 2.59 bits per heavy atom. The number of nitrogens with one attached hydrogen (secondary N) is 1. The molecule has 1 amide bonds. The van der Waals surface area contributed by atoms with Gasteiger partial charge in [0.25, 0.3) is 5.91 Å². The van der Waals surface area contributed by atoms with Crippen LogP contribution in [0.4, 0.5) is 4.39 Å². The Morgan fingerprint density at radius 2 is 1.89 bits per heavy atom. The topological polar surface area (TPSA) is 66.5 Å². The molecule has 0 radical (unpaired) electrons. The lowest BCUT2D eigenvalue weighted by Crippen LogP contribution is -2.29. The van der Waals surface area contributed by atoms with E-state index >= 15 is 0 Å². The van der Waals surface area contributed by atoms with Crippen LogP contribution in [0.1, 0.15) is 35.7 Å². The molecule has 2 aromatic rings. The third-order valence-corrected chi connectivity index (χ3v) is 5.69. The molecule has 0 aliphatic heterocycles. The second-order valence-electron chi connectivity index (χ2n) is 6.35. The third-order valence-electron chi connectivity index (χ3n) is 4.23. The van der Waals surface area contributed by atoms with Gasteiger partial charge in [0.1, 0.15) is 5.82 Å². The molecule has 0 aliphatic rings. The molecule has 7 heteroatoms. The Bertz CT molecular complexity index is 884. The second kappa shape index (κ2) is 9.62. The molecule has 0 atom stereocenters. The fourth-order valence-electron chi connectivity index (χ4n) is 2.62. The summed E-state index contributed by atoms with van der Waals surface area (Å²) in [5.41, 5.74) is 0.771. The summed E-state index contributed by atoms with van der Waals surface area (Å²) in [6.07, 6.45) is 2.10. The fourth-order valence-corrected chi connectivity index (χ4v) is 3.70. The van der Waals surface area contributed by atoms with E-state index in [0.29, 0.717) is 17.7 Å². The molecule has 0 spiro atoms. The van der Waals surface area contributed by atoms with Crippen molar-refractivity contribution in [1.82, 2.24) is 9.62 Å².